The van der Waals surface area contributed by atoms with Gasteiger partial charge in [0.25, 0.3) is 0 Å². The van der Waals surface area contributed by atoms with Crippen LogP contribution in [0.4, 0.5) is 4.39 Å². The molecule has 0 saturated carbocycles. The minimum Gasteiger partial charge on any atom is -0.335 e. The Bertz CT molecular complexity index is 809. The molecule has 128 valence electrons. The fraction of sp³-hybridized carbons (Fsp3) is 0.200. The number of halogens is 2. The summed E-state index contributed by atoms with van der Waals surface area (Å²) in [5.74, 6) is -0.549. The lowest BCUT2D eigenvalue weighted by molar-refractivity contribution is -0.126. The van der Waals surface area contributed by atoms with Gasteiger partial charge < -0.3 is 4.90 Å². The van der Waals surface area contributed by atoms with E-state index in [1.54, 1.807) is 29.2 Å². The third-order valence-corrected chi connectivity index (χ3v) is 4.12. The molecule has 0 aliphatic rings. The van der Waals surface area contributed by atoms with Gasteiger partial charge in [-0.25, -0.2) is 4.39 Å². The number of amides is 1. The molecule has 2 aromatic carbocycles. The van der Waals surface area contributed by atoms with Crippen LogP contribution >= 0.6 is 15.9 Å². The summed E-state index contributed by atoms with van der Waals surface area (Å²) >= 11 is 3.29. The van der Waals surface area contributed by atoms with Gasteiger partial charge in [0, 0.05) is 29.2 Å². The third kappa shape index (κ3) is 5.54. The highest BCUT2D eigenvalue weighted by molar-refractivity contribution is 9.10. The van der Waals surface area contributed by atoms with Gasteiger partial charge in [0.1, 0.15) is 5.82 Å². The van der Waals surface area contributed by atoms with Crippen molar-refractivity contribution in [3.8, 4) is 6.07 Å². The summed E-state index contributed by atoms with van der Waals surface area (Å²) in [5.41, 5.74) is 1.89. The first-order valence-corrected chi connectivity index (χ1v) is 8.74. The van der Waals surface area contributed by atoms with Gasteiger partial charge in [0.05, 0.1) is 11.6 Å². The van der Waals surface area contributed by atoms with Crippen molar-refractivity contribution in [2.24, 2.45) is 0 Å². The molecule has 0 fully saturated rings. The zero-order chi connectivity index (χ0) is 18.2. The van der Waals surface area contributed by atoms with Gasteiger partial charge in [-0.2, -0.15) is 5.26 Å². The maximum absolute atomic E-state index is 13.8. The van der Waals surface area contributed by atoms with E-state index in [4.69, 9.17) is 5.26 Å². The number of nitriles is 1. The number of carbonyl (C=O) groups is 1. The number of rotatable bonds is 6. The van der Waals surface area contributed by atoms with Crippen LogP contribution in [-0.2, 0) is 11.3 Å². The molecule has 0 radical (unpaired) electrons. The molecule has 0 atom stereocenters. The smallest absolute Gasteiger partial charge is 0.246 e. The van der Waals surface area contributed by atoms with E-state index >= 15 is 0 Å². The Morgan fingerprint density at radius 1 is 1.28 bits per heavy atom. The SMILES string of the molecule is CCCN(Cc1ccc(C#N)cc1)C(=O)/C=C/c1cc(Br)ccc1F. The highest BCUT2D eigenvalue weighted by Crippen LogP contribution is 2.17. The minimum absolute atomic E-state index is 0.175. The Labute approximate surface area is 155 Å². The zero-order valence-corrected chi connectivity index (χ0v) is 15.5. The normalized spacial score (nSPS) is 10.6. The molecule has 0 bridgehead atoms. The van der Waals surface area contributed by atoms with Gasteiger partial charge in [0.2, 0.25) is 5.91 Å². The summed E-state index contributed by atoms with van der Waals surface area (Å²) in [6.07, 6.45) is 3.70. The first-order chi connectivity index (χ1) is 12.0. The van der Waals surface area contributed by atoms with Gasteiger partial charge in [-0.15, -0.1) is 0 Å². The predicted octanol–water partition coefficient (Wildman–Crippen LogP) is 4.91. The lowest BCUT2D eigenvalue weighted by Crippen LogP contribution is -2.29. The van der Waals surface area contributed by atoms with Crippen LogP contribution in [0.2, 0.25) is 0 Å². The number of carbonyl (C=O) groups excluding carboxylic acids is 1. The molecule has 0 saturated heterocycles. The lowest BCUT2D eigenvalue weighted by atomic mass is 10.1. The van der Waals surface area contributed by atoms with E-state index < -0.39 is 0 Å². The number of benzene rings is 2. The van der Waals surface area contributed by atoms with Crippen LogP contribution in [0.5, 0.6) is 0 Å². The Hall–Kier alpha value is -2.45. The quantitative estimate of drug-likeness (QED) is 0.646. The maximum Gasteiger partial charge on any atom is 0.246 e. The van der Waals surface area contributed by atoms with Crippen molar-refractivity contribution in [3.63, 3.8) is 0 Å². The standard InChI is InChI=1S/C20H18BrFN2O/c1-2-11-24(14-16-5-3-15(13-23)4-6-16)20(25)10-7-17-12-18(21)8-9-19(17)22/h3-10,12H,2,11,14H2,1H3/b10-7+. The highest BCUT2D eigenvalue weighted by Gasteiger charge is 2.11. The van der Waals surface area contributed by atoms with Gasteiger partial charge in [-0.3, -0.25) is 4.79 Å². The van der Waals surface area contributed by atoms with Crippen molar-refractivity contribution in [1.82, 2.24) is 4.90 Å². The van der Waals surface area contributed by atoms with Crippen molar-refractivity contribution in [2.75, 3.05) is 6.54 Å². The Morgan fingerprint density at radius 2 is 2.00 bits per heavy atom. The fourth-order valence-electron chi connectivity index (χ4n) is 2.35. The highest BCUT2D eigenvalue weighted by atomic mass is 79.9. The van der Waals surface area contributed by atoms with Crippen LogP contribution in [0, 0.1) is 17.1 Å². The van der Waals surface area contributed by atoms with E-state index in [2.05, 4.69) is 22.0 Å². The summed E-state index contributed by atoms with van der Waals surface area (Å²) in [4.78, 5) is 14.2. The molecule has 0 aliphatic heterocycles. The maximum atomic E-state index is 13.8. The van der Waals surface area contributed by atoms with Gasteiger partial charge >= 0.3 is 0 Å². The number of hydrogen-bond acceptors (Lipinski definition) is 2. The Morgan fingerprint density at radius 3 is 2.64 bits per heavy atom. The average molecular weight is 401 g/mol. The van der Waals surface area contributed by atoms with E-state index in [1.165, 1.54) is 18.2 Å². The zero-order valence-electron chi connectivity index (χ0n) is 13.9. The van der Waals surface area contributed by atoms with E-state index in [1.807, 2.05) is 19.1 Å². The summed E-state index contributed by atoms with van der Waals surface area (Å²) in [5, 5.41) is 8.85. The van der Waals surface area contributed by atoms with Gasteiger partial charge in [-0.1, -0.05) is 35.0 Å². The van der Waals surface area contributed by atoms with E-state index in [-0.39, 0.29) is 11.7 Å². The van der Waals surface area contributed by atoms with Crippen LogP contribution in [0.25, 0.3) is 6.08 Å². The molecule has 3 nitrogen and oxygen atoms in total. The first-order valence-electron chi connectivity index (χ1n) is 7.94. The molecule has 25 heavy (non-hydrogen) atoms. The minimum atomic E-state index is -0.374. The first kappa shape index (κ1) is 18.9. The molecule has 0 unspecified atom stereocenters. The van der Waals surface area contributed by atoms with Crippen molar-refractivity contribution in [1.29, 1.82) is 5.26 Å². The van der Waals surface area contributed by atoms with Crippen LogP contribution in [0.3, 0.4) is 0 Å². The second kappa shape index (κ2) is 9.14. The topological polar surface area (TPSA) is 44.1 Å². The molecule has 5 heteroatoms. The second-order valence-corrected chi connectivity index (χ2v) is 6.48. The molecule has 0 N–H and O–H groups in total. The Kier molecular flexibility index (Phi) is 6.91. The van der Waals surface area contributed by atoms with Crippen LogP contribution in [0.15, 0.2) is 53.0 Å². The van der Waals surface area contributed by atoms with E-state index in [0.29, 0.717) is 24.2 Å². The summed E-state index contributed by atoms with van der Waals surface area (Å²) in [6, 6.07) is 13.8. The molecule has 0 heterocycles. The average Bonchev–Trinajstić information content (AvgIpc) is 2.62. The van der Waals surface area contributed by atoms with E-state index in [0.717, 1.165) is 16.5 Å². The summed E-state index contributed by atoms with van der Waals surface area (Å²) in [6.45, 7) is 3.05. The van der Waals surface area contributed by atoms with Crippen molar-refractivity contribution < 1.29 is 9.18 Å². The molecular weight excluding hydrogens is 383 g/mol. The number of nitrogens with zero attached hydrogens (tertiary/aromatic N) is 2. The van der Waals surface area contributed by atoms with E-state index in [9.17, 15) is 9.18 Å². The Balaban J connectivity index is 2.12. The predicted molar refractivity (Wildman–Crippen MR) is 100.0 cm³/mol. The molecule has 1 amide bonds. The van der Waals surface area contributed by atoms with Crippen molar-refractivity contribution >= 4 is 27.9 Å². The second-order valence-electron chi connectivity index (χ2n) is 5.57. The van der Waals surface area contributed by atoms with Gasteiger partial charge in [-0.05, 0) is 48.4 Å². The fourth-order valence-corrected chi connectivity index (χ4v) is 2.73. The van der Waals surface area contributed by atoms with Crippen LogP contribution in [0.1, 0.15) is 30.0 Å². The summed E-state index contributed by atoms with van der Waals surface area (Å²) < 4.78 is 14.5. The van der Waals surface area contributed by atoms with Crippen LogP contribution in [-0.4, -0.2) is 17.4 Å². The third-order valence-electron chi connectivity index (χ3n) is 3.63. The monoisotopic (exact) mass is 400 g/mol. The molecule has 0 spiro atoms. The molecular formula is C20H18BrFN2O. The van der Waals surface area contributed by atoms with Crippen molar-refractivity contribution in [3.05, 3.63) is 75.5 Å². The lowest BCUT2D eigenvalue weighted by Gasteiger charge is -2.20. The molecule has 0 aromatic heterocycles. The molecule has 0 aliphatic carbocycles. The number of hydrogen-bond donors (Lipinski definition) is 0. The molecule has 2 rings (SSSR count). The molecule has 2 aromatic rings. The van der Waals surface area contributed by atoms with Crippen molar-refractivity contribution in [2.45, 2.75) is 19.9 Å². The van der Waals surface area contributed by atoms with Crippen LogP contribution < -0.4 is 0 Å². The van der Waals surface area contributed by atoms with Gasteiger partial charge in [0.15, 0.2) is 0 Å². The largest absolute Gasteiger partial charge is 0.335 e. The summed E-state index contributed by atoms with van der Waals surface area (Å²) in [7, 11) is 0.